The van der Waals surface area contributed by atoms with Crippen molar-refractivity contribution in [3.05, 3.63) is 94.8 Å². The van der Waals surface area contributed by atoms with Gasteiger partial charge in [-0.3, -0.25) is 19.5 Å². The number of carbonyl (C=O) groups excluding carboxylic acids is 2. The van der Waals surface area contributed by atoms with Gasteiger partial charge in [-0.1, -0.05) is 18.2 Å². The average molecular weight is 552 g/mol. The fourth-order valence-electron chi connectivity index (χ4n) is 4.48. The van der Waals surface area contributed by atoms with Gasteiger partial charge in [-0.2, -0.15) is 13.2 Å². The van der Waals surface area contributed by atoms with Gasteiger partial charge in [-0.25, -0.2) is 0 Å². The van der Waals surface area contributed by atoms with Crippen molar-refractivity contribution < 1.29 is 22.8 Å². The van der Waals surface area contributed by atoms with E-state index in [2.05, 4.69) is 20.5 Å². The van der Waals surface area contributed by atoms with Crippen LogP contribution >= 0.6 is 0 Å². The molecule has 40 heavy (non-hydrogen) atoms. The van der Waals surface area contributed by atoms with Crippen molar-refractivity contribution in [2.75, 3.05) is 43.9 Å². The molecule has 4 rings (SSSR count). The lowest BCUT2D eigenvalue weighted by atomic mass is 10.0. The van der Waals surface area contributed by atoms with Gasteiger partial charge < -0.3 is 15.5 Å². The predicted octanol–water partition coefficient (Wildman–Crippen LogP) is 5.45. The van der Waals surface area contributed by atoms with E-state index in [-0.39, 0.29) is 23.6 Å². The number of aryl methyl sites for hydroxylation is 1. The fourth-order valence-corrected chi connectivity index (χ4v) is 4.48. The van der Waals surface area contributed by atoms with Crippen LogP contribution in [0.3, 0.4) is 0 Å². The zero-order chi connectivity index (χ0) is 28.7. The van der Waals surface area contributed by atoms with E-state index >= 15 is 0 Å². The second-order valence-corrected chi connectivity index (χ2v) is 9.90. The Balaban J connectivity index is 1.47. The highest BCUT2D eigenvalue weighted by Gasteiger charge is 2.34. The minimum Gasteiger partial charge on any atom is -0.322 e. The SMILES string of the molecule is Cc1ccc(NC(=O)c2ccc(CN3CCCN(C)CC3)c(C(F)(F)F)c2)cc1NC(=O)/C=C/c1cccnc1. The van der Waals surface area contributed by atoms with Crippen LogP contribution in [-0.2, 0) is 17.5 Å². The number of hydrogen-bond acceptors (Lipinski definition) is 5. The van der Waals surface area contributed by atoms with E-state index in [1.807, 2.05) is 18.0 Å². The van der Waals surface area contributed by atoms with E-state index in [0.29, 0.717) is 17.9 Å². The average Bonchev–Trinajstić information content (AvgIpc) is 3.13. The number of aromatic nitrogens is 1. The number of nitrogens with zero attached hydrogens (tertiary/aromatic N) is 3. The van der Waals surface area contributed by atoms with E-state index in [9.17, 15) is 22.8 Å². The van der Waals surface area contributed by atoms with Crippen LogP contribution < -0.4 is 10.6 Å². The summed E-state index contributed by atoms with van der Waals surface area (Å²) in [4.78, 5) is 33.5. The number of halogens is 3. The molecule has 1 fully saturated rings. The number of alkyl halides is 3. The number of rotatable bonds is 7. The monoisotopic (exact) mass is 551 g/mol. The molecule has 3 aromatic rings. The molecule has 0 atom stereocenters. The number of anilines is 2. The Labute approximate surface area is 231 Å². The molecule has 1 aliphatic heterocycles. The number of carbonyl (C=O) groups is 2. The zero-order valence-corrected chi connectivity index (χ0v) is 22.5. The molecule has 7 nitrogen and oxygen atoms in total. The summed E-state index contributed by atoms with van der Waals surface area (Å²) in [6.45, 7) is 5.07. The van der Waals surface area contributed by atoms with E-state index in [1.165, 1.54) is 18.2 Å². The van der Waals surface area contributed by atoms with Crippen LogP contribution in [0.25, 0.3) is 6.08 Å². The molecule has 2 amide bonds. The molecule has 1 aliphatic rings. The molecule has 0 unspecified atom stereocenters. The summed E-state index contributed by atoms with van der Waals surface area (Å²) in [6.07, 6.45) is 2.53. The predicted molar refractivity (Wildman–Crippen MR) is 150 cm³/mol. The summed E-state index contributed by atoms with van der Waals surface area (Å²) in [7, 11) is 2.00. The first kappa shape index (κ1) is 29.0. The van der Waals surface area contributed by atoms with E-state index in [0.717, 1.165) is 43.2 Å². The van der Waals surface area contributed by atoms with Gasteiger partial charge in [-0.15, -0.1) is 0 Å². The Kier molecular flexibility index (Phi) is 9.34. The fraction of sp³-hybridized carbons (Fsp3) is 0.300. The molecular weight excluding hydrogens is 519 g/mol. The maximum Gasteiger partial charge on any atom is 0.416 e. The van der Waals surface area contributed by atoms with Crippen LogP contribution in [0.1, 0.15) is 39.0 Å². The largest absolute Gasteiger partial charge is 0.416 e. The van der Waals surface area contributed by atoms with Crippen molar-refractivity contribution in [1.29, 1.82) is 0 Å². The second kappa shape index (κ2) is 12.9. The Bertz CT molecular complexity index is 1380. The summed E-state index contributed by atoms with van der Waals surface area (Å²) in [5.74, 6) is -1.05. The summed E-state index contributed by atoms with van der Waals surface area (Å²) >= 11 is 0. The molecule has 0 aliphatic carbocycles. The molecule has 0 spiro atoms. The van der Waals surface area contributed by atoms with Gasteiger partial charge in [0.05, 0.1) is 5.56 Å². The van der Waals surface area contributed by atoms with Gasteiger partial charge in [0.1, 0.15) is 0 Å². The topological polar surface area (TPSA) is 77.6 Å². The standard InChI is InChI=1S/C30H32F3N5O2/c1-21-6-10-25(18-27(21)36-28(39)11-7-22-5-3-12-34-19-22)35-29(40)23-8-9-24(26(17-23)30(31,32)33)20-38-14-4-13-37(2)15-16-38/h3,5-12,17-19H,4,13-16,20H2,1-2H3,(H,35,40)(H,36,39)/b11-7+. The maximum atomic E-state index is 14.0. The Morgan fingerprint density at radius 1 is 1.02 bits per heavy atom. The van der Waals surface area contributed by atoms with Gasteiger partial charge in [0.15, 0.2) is 0 Å². The van der Waals surface area contributed by atoms with Crippen LogP contribution in [0, 0.1) is 6.92 Å². The number of pyridine rings is 1. The van der Waals surface area contributed by atoms with Gasteiger partial charge in [0.25, 0.3) is 5.91 Å². The molecule has 210 valence electrons. The summed E-state index contributed by atoms with van der Waals surface area (Å²) in [5, 5.41) is 5.41. The Morgan fingerprint density at radius 3 is 2.60 bits per heavy atom. The van der Waals surface area contributed by atoms with Crippen molar-refractivity contribution in [3.8, 4) is 0 Å². The smallest absolute Gasteiger partial charge is 0.322 e. The zero-order valence-electron chi connectivity index (χ0n) is 22.5. The van der Waals surface area contributed by atoms with Crippen LogP contribution in [0.15, 0.2) is 67.0 Å². The van der Waals surface area contributed by atoms with Crippen LogP contribution in [0.4, 0.5) is 24.5 Å². The lowest BCUT2D eigenvalue weighted by molar-refractivity contribution is -0.138. The van der Waals surface area contributed by atoms with Crippen molar-refractivity contribution in [2.45, 2.75) is 26.1 Å². The van der Waals surface area contributed by atoms with E-state index in [4.69, 9.17) is 0 Å². The Hall–Kier alpha value is -4.02. The maximum absolute atomic E-state index is 14.0. The molecule has 10 heteroatoms. The van der Waals surface area contributed by atoms with Gasteiger partial charge in [-0.05, 0) is 86.6 Å². The molecule has 2 aromatic carbocycles. The highest BCUT2D eigenvalue weighted by atomic mass is 19.4. The van der Waals surface area contributed by atoms with Crippen molar-refractivity contribution in [1.82, 2.24) is 14.8 Å². The van der Waals surface area contributed by atoms with Crippen LogP contribution in [-0.4, -0.2) is 59.8 Å². The third-order valence-electron chi connectivity index (χ3n) is 6.75. The molecule has 2 heterocycles. The van der Waals surface area contributed by atoms with Crippen molar-refractivity contribution in [2.24, 2.45) is 0 Å². The molecular formula is C30H32F3N5O2. The number of benzene rings is 2. The Morgan fingerprint density at radius 2 is 1.85 bits per heavy atom. The third-order valence-corrected chi connectivity index (χ3v) is 6.75. The molecule has 1 aromatic heterocycles. The van der Waals surface area contributed by atoms with E-state index in [1.54, 1.807) is 49.7 Å². The highest BCUT2D eigenvalue weighted by Crippen LogP contribution is 2.34. The summed E-state index contributed by atoms with van der Waals surface area (Å²) < 4.78 is 42.0. The summed E-state index contributed by atoms with van der Waals surface area (Å²) in [5.41, 5.74) is 1.56. The molecule has 1 saturated heterocycles. The number of likely N-dealkylation sites (N-methyl/N-ethyl adjacent to an activating group) is 1. The molecule has 0 bridgehead atoms. The molecule has 2 N–H and O–H groups in total. The quantitative estimate of drug-likeness (QED) is 0.382. The van der Waals surface area contributed by atoms with Gasteiger partial charge >= 0.3 is 6.18 Å². The third kappa shape index (κ3) is 8.00. The highest BCUT2D eigenvalue weighted by molar-refractivity contribution is 6.06. The minimum atomic E-state index is -4.60. The number of hydrogen-bond donors (Lipinski definition) is 2. The lowest BCUT2D eigenvalue weighted by Gasteiger charge is -2.23. The van der Waals surface area contributed by atoms with E-state index < -0.39 is 17.6 Å². The van der Waals surface area contributed by atoms with Gasteiger partial charge in [0.2, 0.25) is 5.91 Å². The van der Waals surface area contributed by atoms with Gasteiger partial charge in [0, 0.05) is 55.0 Å². The lowest BCUT2D eigenvalue weighted by Crippen LogP contribution is -2.29. The first-order chi connectivity index (χ1) is 19.1. The molecule has 0 radical (unpaired) electrons. The number of nitrogens with one attached hydrogen (secondary N) is 2. The van der Waals surface area contributed by atoms with Crippen LogP contribution in [0.5, 0.6) is 0 Å². The normalized spacial score (nSPS) is 15.1. The van der Waals surface area contributed by atoms with Crippen molar-refractivity contribution in [3.63, 3.8) is 0 Å². The number of amides is 2. The first-order valence-corrected chi connectivity index (χ1v) is 13.0. The second-order valence-electron chi connectivity index (χ2n) is 9.90. The first-order valence-electron chi connectivity index (χ1n) is 13.0. The summed E-state index contributed by atoms with van der Waals surface area (Å²) in [6, 6.07) is 12.2. The van der Waals surface area contributed by atoms with Crippen LogP contribution in [0.2, 0.25) is 0 Å². The minimum absolute atomic E-state index is 0.0998. The molecule has 0 saturated carbocycles. The van der Waals surface area contributed by atoms with Crippen molar-refractivity contribution >= 4 is 29.3 Å².